The van der Waals surface area contributed by atoms with Crippen LogP contribution >= 0.6 is 0 Å². The molecule has 0 spiro atoms. The number of nitrogen functional groups attached to an aromatic ring is 1. The standard InChI is InChI=1S/C26H29N5O5/c1-2-31(8-3-9-32)18-5-7-21-23(30-36-24(21)12-18)15-35-25(34)13-19(33)10-17-14-29-22-11-16(26(27)28)4-6-20(17)22/h4-7,11-12,14,29,32H,2-3,8-10,13,15H2,1H3,(H3,27,28). The number of rotatable bonds is 12. The topological polar surface area (TPSA) is 159 Å². The van der Waals surface area contributed by atoms with Gasteiger partial charge in [-0.15, -0.1) is 0 Å². The average molecular weight is 492 g/mol. The molecule has 2 aromatic carbocycles. The summed E-state index contributed by atoms with van der Waals surface area (Å²) < 4.78 is 10.7. The van der Waals surface area contributed by atoms with Gasteiger partial charge < -0.3 is 30.0 Å². The lowest BCUT2D eigenvalue weighted by molar-refractivity contribution is -0.147. The molecule has 0 aliphatic rings. The third kappa shape index (κ3) is 5.55. The van der Waals surface area contributed by atoms with Crippen LogP contribution in [0.1, 0.15) is 36.6 Å². The summed E-state index contributed by atoms with van der Waals surface area (Å²) >= 11 is 0. The van der Waals surface area contributed by atoms with Gasteiger partial charge in [0.25, 0.3) is 0 Å². The average Bonchev–Trinajstić information content (AvgIpc) is 3.46. The van der Waals surface area contributed by atoms with Crippen LogP contribution in [0.5, 0.6) is 0 Å². The van der Waals surface area contributed by atoms with Gasteiger partial charge in [0.15, 0.2) is 5.58 Å². The number of aromatic nitrogens is 2. The number of anilines is 1. The maximum Gasteiger partial charge on any atom is 0.313 e. The van der Waals surface area contributed by atoms with Gasteiger partial charge in [0.2, 0.25) is 0 Å². The number of ketones is 1. The molecule has 0 saturated heterocycles. The van der Waals surface area contributed by atoms with Gasteiger partial charge in [-0.2, -0.15) is 0 Å². The van der Waals surface area contributed by atoms with Crippen molar-refractivity contribution >= 4 is 45.1 Å². The van der Waals surface area contributed by atoms with E-state index in [4.69, 9.17) is 25.5 Å². The molecule has 0 unspecified atom stereocenters. The number of nitrogens with zero attached hydrogens (tertiary/aromatic N) is 2. The summed E-state index contributed by atoms with van der Waals surface area (Å²) in [6.07, 6.45) is 2.11. The van der Waals surface area contributed by atoms with Gasteiger partial charge in [0, 0.05) is 65.9 Å². The van der Waals surface area contributed by atoms with Crippen LogP contribution in [-0.4, -0.2) is 52.5 Å². The number of nitrogens with one attached hydrogen (secondary N) is 2. The molecular weight excluding hydrogens is 462 g/mol. The third-order valence-electron chi connectivity index (χ3n) is 6.04. The zero-order chi connectivity index (χ0) is 25.7. The lowest BCUT2D eigenvalue weighted by Gasteiger charge is -2.22. The van der Waals surface area contributed by atoms with Gasteiger partial charge in [-0.25, -0.2) is 0 Å². The molecule has 188 valence electrons. The first-order chi connectivity index (χ1) is 17.4. The van der Waals surface area contributed by atoms with Crippen molar-refractivity contribution in [2.75, 3.05) is 24.6 Å². The number of aliphatic hydroxyl groups is 1. The molecule has 2 heterocycles. The number of H-pyrrole nitrogens is 1. The molecule has 0 fully saturated rings. The number of carbonyl (C=O) groups excluding carboxylic acids is 2. The highest BCUT2D eigenvalue weighted by molar-refractivity contribution is 6.01. The normalized spacial score (nSPS) is 11.2. The number of esters is 1. The summed E-state index contributed by atoms with van der Waals surface area (Å²) in [4.78, 5) is 30.0. The van der Waals surface area contributed by atoms with E-state index >= 15 is 0 Å². The molecule has 10 nitrogen and oxygen atoms in total. The Morgan fingerprint density at radius 1 is 1.22 bits per heavy atom. The highest BCUT2D eigenvalue weighted by atomic mass is 16.5. The summed E-state index contributed by atoms with van der Waals surface area (Å²) in [6, 6.07) is 11.0. The minimum atomic E-state index is -0.632. The molecule has 2 aromatic heterocycles. The van der Waals surface area contributed by atoms with E-state index in [0.29, 0.717) is 23.3 Å². The van der Waals surface area contributed by atoms with Crippen molar-refractivity contribution in [1.29, 1.82) is 5.41 Å². The first kappa shape index (κ1) is 24.9. The second-order valence-corrected chi connectivity index (χ2v) is 8.51. The van der Waals surface area contributed by atoms with Gasteiger partial charge in [-0.05, 0) is 37.1 Å². The Labute approximate surface area is 207 Å². The predicted octanol–water partition coefficient (Wildman–Crippen LogP) is 3.05. The maximum absolute atomic E-state index is 12.5. The molecule has 4 rings (SSSR count). The monoisotopic (exact) mass is 491 g/mol. The Morgan fingerprint density at radius 3 is 2.78 bits per heavy atom. The summed E-state index contributed by atoms with van der Waals surface area (Å²) in [5.74, 6) is -0.936. The fraction of sp³-hybridized carbons (Fsp3) is 0.308. The Kier molecular flexibility index (Phi) is 7.65. The molecule has 0 amide bonds. The third-order valence-corrected chi connectivity index (χ3v) is 6.04. The van der Waals surface area contributed by atoms with Gasteiger partial charge in [0.05, 0.1) is 0 Å². The Hall–Kier alpha value is -4.18. The molecule has 0 aliphatic carbocycles. The van der Waals surface area contributed by atoms with Crippen molar-refractivity contribution in [2.45, 2.75) is 32.8 Å². The summed E-state index contributed by atoms with van der Waals surface area (Å²) in [5.41, 5.74) is 9.65. The van der Waals surface area contributed by atoms with Crippen LogP contribution in [0.4, 0.5) is 5.69 Å². The van der Waals surface area contributed by atoms with Crippen molar-refractivity contribution in [1.82, 2.24) is 10.1 Å². The van der Waals surface area contributed by atoms with Gasteiger partial charge in [0.1, 0.15) is 30.3 Å². The van der Waals surface area contributed by atoms with Gasteiger partial charge >= 0.3 is 5.97 Å². The van der Waals surface area contributed by atoms with Crippen LogP contribution < -0.4 is 10.6 Å². The van der Waals surface area contributed by atoms with E-state index in [1.165, 1.54) is 0 Å². The number of aliphatic hydroxyl groups excluding tert-OH is 1. The number of aromatic amines is 1. The molecule has 10 heteroatoms. The first-order valence-corrected chi connectivity index (χ1v) is 11.8. The van der Waals surface area contributed by atoms with Crippen molar-refractivity contribution < 1.29 is 24.0 Å². The van der Waals surface area contributed by atoms with Gasteiger partial charge in [-0.1, -0.05) is 17.3 Å². The molecule has 36 heavy (non-hydrogen) atoms. The number of hydrogen-bond acceptors (Lipinski definition) is 8. The Balaban J connectivity index is 1.34. The minimum absolute atomic E-state index is 0.0341. The van der Waals surface area contributed by atoms with E-state index in [-0.39, 0.29) is 37.7 Å². The van der Waals surface area contributed by atoms with Crippen molar-refractivity contribution in [3.05, 3.63) is 59.4 Å². The van der Waals surface area contributed by atoms with Crippen LogP contribution in [0.2, 0.25) is 0 Å². The molecule has 5 N–H and O–H groups in total. The van der Waals surface area contributed by atoms with E-state index in [1.807, 2.05) is 25.1 Å². The highest BCUT2D eigenvalue weighted by Gasteiger charge is 2.17. The molecule has 0 saturated carbocycles. The van der Waals surface area contributed by atoms with E-state index < -0.39 is 5.97 Å². The number of ether oxygens (including phenoxy) is 1. The van der Waals surface area contributed by atoms with E-state index in [0.717, 1.165) is 40.6 Å². The lowest BCUT2D eigenvalue weighted by atomic mass is 10.0. The second-order valence-electron chi connectivity index (χ2n) is 8.51. The van der Waals surface area contributed by atoms with Crippen molar-refractivity contribution in [2.24, 2.45) is 5.73 Å². The minimum Gasteiger partial charge on any atom is -0.459 e. The number of fused-ring (bicyclic) bond motifs is 2. The Bertz CT molecular complexity index is 1410. The van der Waals surface area contributed by atoms with E-state index in [1.54, 1.807) is 24.4 Å². The number of hydrogen-bond donors (Lipinski definition) is 4. The fourth-order valence-electron chi connectivity index (χ4n) is 4.15. The van der Waals surface area contributed by atoms with E-state index in [2.05, 4.69) is 15.0 Å². The first-order valence-electron chi connectivity index (χ1n) is 11.8. The van der Waals surface area contributed by atoms with Crippen LogP contribution in [-0.2, 0) is 27.4 Å². The van der Waals surface area contributed by atoms with Crippen molar-refractivity contribution in [3.63, 3.8) is 0 Å². The Morgan fingerprint density at radius 2 is 2.03 bits per heavy atom. The predicted molar refractivity (Wildman–Crippen MR) is 136 cm³/mol. The summed E-state index contributed by atoms with van der Waals surface area (Å²) in [6.45, 7) is 3.58. The zero-order valence-electron chi connectivity index (χ0n) is 20.0. The van der Waals surface area contributed by atoms with Crippen LogP contribution in [0.15, 0.2) is 47.1 Å². The quantitative estimate of drug-likeness (QED) is 0.102. The number of benzene rings is 2. The summed E-state index contributed by atoms with van der Waals surface area (Å²) in [7, 11) is 0. The van der Waals surface area contributed by atoms with E-state index in [9.17, 15) is 9.59 Å². The smallest absolute Gasteiger partial charge is 0.313 e. The molecule has 4 aromatic rings. The maximum atomic E-state index is 12.5. The number of amidine groups is 1. The van der Waals surface area contributed by atoms with Gasteiger partial charge in [-0.3, -0.25) is 15.0 Å². The molecular formula is C26H29N5O5. The second kappa shape index (κ2) is 11.0. The number of carbonyl (C=O) groups is 2. The number of Topliss-reactive ketones (excluding diaryl/α,β-unsaturated/α-hetero) is 1. The largest absolute Gasteiger partial charge is 0.459 e. The lowest BCUT2D eigenvalue weighted by Crippen LogP contribution is -2.24. The molecule has 0 radical (unpaired) electrons. The molecule has 0 aliphatic heterocycles. The SMILES string of the molecule is CCN(CCCO)c1ccc2c(COC(=O)CC(=O)Cc3c[nH]c4cc(C(=N)N)ccc34)noc2c1. The zero-order valence-corrected chi connectivity index (χ0v) is 20.0. The van der Waals surface area contributed by atoms with Crippen molar-refractivity contribution in [3.8, 4) is 0 Å². The van der Waals surface area contributed by atoms with Crippen LogP contribution in [0.25, 0.3) is 21.9 Å². The fourth-order valence-corrected chi connectivity index (χ4v) is 4.15. The van der Waals surface area contributed by atoms with Crippen LogP contribution in [0.3, 0.4) is 0 Å². The molecule has 0 atom stereocenters. The molecule has 0 bridgehead atoms. The number of nitrogens with two attached hydrogens (primary N) is 1. The summed E-state index contributed by atoms with van der Waals surface area (Å²) in [5, 5.41) is 22.2. The van der Waals surface area contributed by atoms with Crippen LogP contribution in [0, 0.1) is 5.41 Å². The highest BCUT2D eigenvalue weighted by Crippen LogP contribution is 2.26.